The van der Waals surface area contributed by atoms with E-state index in [2.05, 4.69) is 6.07 Å². The van der Waals surface area contributed by atoms with Gasteiger partial charge >= 0.3 is 0 Å². The molecule has 0 aliphatic heterocycles. The molecular formula is C13H15NO2. The number of rotatable bonds is 5. The Hall–Kier alpha value is -1.69. The first kappa shape index (κ1) is 10.8. The molecule has 0 aromatic heterocycles. The number of hydrogen-bond acceptors (Lipinski definition) is 3. The highest BCUT2D eigenvalue weighted by molar-refractivity contribution is 5.43. The zero-order chi connectivity index (χ0) is 11.4. The minimum Gasteiger partial charge on any atom is -0.493 e. The summed E-state index contributed by atoms with van der Waals surface area (Å²) >= 11 is 0. The molecule has 84 valence electrons. The zero-order valence-corrected chi connectivity index (χ0v) is 9.40. The quantitative estimate of drug-likeness (QED) is 0.761. The van der Waals surface area contributed by atoms with Crippen molar-refractivity contribution >= 4 is 0 Å². The Morgan fingerprint density at radius 2 is 2.19 bits per heavy atom. The van der Waals surface area contributed by atoms with Gasteiger partial charge in [-0.2, -0.15) is 5.26 Å². The van der Waals surface area contributed by atoms with Crippen LogP contribution in [-0.4, -0.2) is 13.7 Å². The number of methoxy groups -OCH3 is 1. The van der Waals surface area contributed by atoms with E-state index in [1.54, 1.807) is 7.11 Å². The number of hydrogen-bond donors (Lipinski definition) is 0. The predicted octanol–water partition coefficient (Wildman–Crippen LogP) is 2.55. The molecule has 3 heteroatoms. The Morgan fingerprint density at radius 1 is 1.38 bits per heavy atom. The van der Waals surface area contributed by atoms with Gasteiger partial charge in [0.05, 0.1) is 26.2 Å². The van der Waals surface area contributed by atoms with Crippen molar-refractivity contribution in [2.45, 2.75) is 19.3 Å². The molecule has 1 fully saturated rings. The van der Waals surface area contributed by atoms with Gasteiger partial charge in [0.15, 0.2) is 11.5 Å². The molecule has 1 aliphatic carbocycles. The smallest absolute Gasteiger partial charge is 0.161 e. The second kappa shape index (κ2) is 4.89. The molecule has 0 radical (unpaired) electrons. The van der Waals surface area contributed by atoms with E-state index in [0.717, 1.165) is 23.8 Å². The highest BCUT2D eigenvalue weighted by Gasteiger charge is 2.22. The SMILES string of the molecule is COc1cc(CC#N)ccc1OCC1CC1. The van der Waals surface area contributed by atoms with Crippen LogP contribution in [0.1, 0.15) is 18.4 Å². The van der Waals surface area contributed by atoms with Gasteiger partial charge in [0, 0.05) is 0 Å². The van der Waals surface area contributed by atoms with Crippen LogP contribution in [0.25, 0.3) is 0 Å². The van der Waals surface area contributed by atoms with Crippen LogP contribution < -0.4 is 9.47 Å². The minimum atomic E-state index is 0.402. The first-order valence-corrected chi connectivity index (χ1v) is 5.50. The Balaban J connectivity index is 2.07. The van der Waals surface area contributed by atoms with Crippen LogP contribution in [-0.2, 0) is 6.42 Å². The molecule has 0 bridgehead atoms. The Morgan fingerprint density at radius 3 is 2.81 bits per heavy atom. The lowest BCUT2D eigenvalue weighted by Gasteiger charge is -2.11. The summed E-state index contributed by atoms with van der Waals surface area (Å²) in [4.78, 5) is 0. The molecule has 0 spiro atoms. The van der Waals surface area contributed by atoms with E-state index < -0.39 is 0 Å². The molecule has 16 heavy (non-hydrogen) atoms. The van der Waals surface area contributed by atoms with Gasteiger partial charge in [-0.05, 0) is 36.5 Å². The van der Waals surface area contributed by atoms with Gasteiger partial charge in [0.25, 0.3) is 0 Å². The van der Waals surface area contributed by atoms with Gasteiger partial charge in [0.1, 0.15) is 0 Å². The topological polar surface area (TPSA) is 42.2 Å². The summed E-state index contributed by atoms with van der Waals surface area (Å²) in [6, 6.07) is 7.78. The van der Waals surface area contributed by atoms with Crippen LogP contribution in [0.5, 0.6) is 11.5 Å². The van der Waals surface area contributed by atoms with Crippen molar-refractivity contribution in [1.82, 2.24) is 0 Å². The van der Waals surface area contributed by atoms with Gasteiger partial charge in [-0.25, -0.2) is 0 Å². The van der Waals surface area contributed by atoms with E-state index in [0.29, 0.717) is 12.2 Å². The van der Waals surface area contributed by atoms with E-state index in [1.807, 2.05) is 18.2 Å². The van der Waals surface area contributed by atoms with Gasteiger partial charge in [-0.15, -0.1) is 0 Å². The Bertz CT molecular complexity index is 405. The monoisotopic (exact) mass is 217 g/mol. The fraction of sp³-hybridized carbons (Fsp3) is 0.462. The van der Waals surface area contributed by atoms with Gasteiger partial charge < -0.3 is 9.47 Å². The maximum atomic E-state index is 8.61. The van der Waals surface area contributed by atoms with Crippen molar-refractivity contribution in [3.63, 3.8) is 0 Å². The van der Waals surface area contributed by atoms with Crippen molar-refractivity contribution in [3.05, 3.63) is 23.8 Å². The summed E-state index contributed by atoms with van der Waals surface area (Å²) < 4.78 is 10.9. The van der Waals surface area contributed by atoms with Crippen molar-refractivity contribution in [3.8, 4) is 17.6 Å². The average molecular weight is 217 g/mol. The first-order chi connectivity index (χ1) is 7.83. The van der Waals surface area contributed by atoms with Gasteiger partial charge in [-0.3, -0.25) is 0 Å². The first-order valence-electron chi connectivity index (χ1n) is 5.50. The van der Waals surface area contributed by atoms with Crippen LogP contribution in [0.4, 0.5) is 0 Å². The molecule has 0 saturated heterocycles. The highest BCUT2D eigenvalue weighted by Crippen LogP contribution is 2.33. The van der Waals surface area contributed by atoms with Gasteiger partial charge in [-0.1, -0.05) is 6.07 Å². The molecule has 0 atom stereocenters. The largest absolute Gasteiger partial charge is 0.493 e. The van der Waals surface area contributed by atoms with Crippen LogP contribution in [0.2, 0.25) is 0 Å². The lowest BCUT2D eigenvalue weighted by molar-refractivity contribution is 0.280. The second-order valence-corrected chi connectivity index (χ2v) is 4.07. The molecule has 1 aromatic carbocycles. The van der Waals surface area contributed by atoms with E-state index in [-0.39, 0.29) is 0 Å². The second-order valence-electron chi connectivity index (χ2n) is 4.07. The summed E-state index contributed by atoms with van der Waals surface area (Å²) in [5.41, 5.74) is 0.957. The Labute approximate surface area is 95.6 Å². The fourth-order valence-electron chi connectivity index (χ4n) is 1.52. The number of benzene rings is 1. The molecule has 0 amide bonds. The highest BCUT2D eigenvalue weighted by atomic mass is 16.5. The van der Waals surface area contributed by atoms with Crippen molar-refractivity contribution in [2.24, 2.45) is 5.92 Å². The molecule has 1 aromatic rings. The molecular weight excluding hydrogens is 202 g/mol. The Kier molecular flexibility index (Phi) is 3.31. The summed E-state index contributed by atoms with van der Waals surface area (Å²) in [5, 5.41) is 8.61. The molecule has 1 saturated carbocycles. The molecule has 2 rings (SSSR count). The minimum absolute atomic E-state index is 0.402. The third-order valence-corrected chi connectivity index (χ3v) is 2.68. The van der Waals surface area contributed by atoms with Crippen LogP contribution in [0.15, 0.2) is 18.2 Å². The summed E-state index contributed by atoms with van der Waals surface area (Å²) in [6.07, 6.45) is 2.95. The van der Waals surface area contributed by atoms with E-state index >= 15 is 0 Å². The van der Waals surface area contributed by atoms with Crippen LogP contribution >= 0.6 is 0 Å². The van der Waals surface area contributed by atoms with Gasteiger partial charge in [0.2, 0.25) is 0 Å². The third kappa shape index (κ3) is 2.66. The molecule has 0 N–H and O–H groups in total. The maximum Gasteiger partial charge on any atom is 0.161 e. The molecule has 0 heterocycles. The zero-order valence-electron chi connectivity index (χ0n) is 9.40. The molecule has 0 unspecified atom stereocenters. The average Bonchev–Trinajstić information content (AvgIpc) is 3.11. The lowest BCUT2D eigenvalue weighted by atomic mass is 10.1. The van der Waals surface area contributed by atoms with E-state index in [1.165, 1.54) is 12.8 Å². The van der Waals surface area contributed by atoms with Crippen LogP contribution in [0.3, 0.4) is 0 Å². The normalized spacial score (nSPS) is 14.2. The fourth-order valence-corrected chi connectivity index (χ4v) is 1.52. The maximum absolute atomic E-state index is 8.61. The summed E-state index contributed by atoms with van der Waals surface area (Å²) in [5.74, 6) is 2.22. The van der Waals surface area contributed by atoms with E-state index in [4.69, 9.17) is 14.7 Å². The lowest BCUT2D eigenvalue weighted by Crippen LogP contribution is -2.01. The molecule has 3 nitrogen and oxygen atoms in total. The summed E-state index contributed by atoms with van der Waals surface area (Å²) in [6.45, 7) is 0.772. The van der Waals surface area contributed by atoms with Crippen molar-refractivity contribution < 1.29 is 9.47 Å². The standard InChI is InChI=1S/C13H15NO2/c1-15-13-8-10(6-7-14)4-5-12(13)16-9-11-2-3-11/h4-5,8,11H,2-3,6,9H2,1H3. The number of ether oxygens (including phenoxy) is 2. The molecule has 1 aliphatic rings. The van der Waals surface area contributed by atoms with E-state index in [9.17, 15) is 0 Å². The van der Waals surface area contributed by atoms with Crippen molar-refractivity contribution in [2.75, 3.05) is 13.7 Å². The van der Waals surface area contributed by atoms with Crippen LogP contribution in [0, 0.1) is 17.2 Å². The third-order valence-electron chi connectivity index (χ3n) is 2.68. The van der Waals surface area contributed by atoms with Crippen molar-refractivity contribution in [1.29, 1.82) is 5.26 Å². The summed E-state index contributed by atoms with van der Waals surface area (Å²) in [7, 11) is 1.62. The number of nitriles is 1. The number of nitrogens with zero attached hydrogens (tertiary/aromatic N) is 1. The predicted molar refractivity (Wildman–Crippen MR) is 60.5 cm³/mol.